The number of benzene rings is 1. The van der Waals surface area contributed by atoms with Crippen molar-refractivity contribution in [3.8, 4) is 5.88 Å². The number of halogens is 2. The third kappa shape index (κ3) is 4.49. The Kier molecular flexibility index (Phi) is 4.93. The van der Waals surface area contributed by atoms with Gasteiger partial charge in [0.2, 0.25) is 5.88 Å². The van der Waals surface area contributed by atoms with Crippen LogP contribution in [-0.2, 0) is 0 Å². The van der Waals surface area contributed by atoms with Gasteiger partial charge in [-0.3, -0.25) is 10.4 Å². The van der Waals surface area contributed by atoms with Crippen molar-refractivity contribution in [2.24, 2.45) is 0 Å². The molecule has 1 atom stereocenters. The predicted molar refractivity (Wildman–Crippen MR) is 96.9 cm³/mol. The zero-order valence-corrected chi connectivity index (χ0v) is 15.0. The predicted octanol–water partition coefficient (Wildman–Crippen LogP) is 4.14. The molecule has 1 unspecified atom stereocenters. The smallest absolute Gasteiger partial charge is 0.396 e. The number of hydrogen-bond donors (Lipinski definition) is 3. The first-order valence-corrected chi connectivity index (χ1v) is 8.28. The molecule has 3 aromatic rings. The summed E-state index contributed by atoms with van der Waals surface area (Å²) in [5.74, 6) is 0.0208. The van der Waals surface area contributed by atoms with E-state index in [0.717, 1.165) is 5.56 Å². The number of pyridine rings is 1. The Morgan fingerprint density at radius 1 is 1.30 bits per heavy atom. The summed E-state index contributed by atoms with van der Waals surface area (Å²) in [6.45, 7) is 4.11. The van der Waals surface area contributed by atoms with Gasteiger partial charge in [0.25, 0.3) is 0 Å². The number of carbonyl (C=O) groups excluding carboxylic acids is 1. The second-order valence-electron chi connectivity index (χ2n) is 6.18. The van der Waals surface area contributed by atoms with Gasteiger partial charge in [0.05, 0.1) is 22.6 Å². The molecule has 1 aromatic carbocycles. The van der Waals surface area contributed by atoms with Crippen LogP contribution in [0.25, 0.3) is 10.9 Å². The van der Waals surface area contributed by atoms with E-state index in [1.165, 1.54) is 6.07 Å². The molecule has 9 heteroatoms. The quantitative estimate of drug-likeness (QED) is 0.625. The minimum absolute atomic E-state index is 0.199. The molecule has 0 spiro atoms. The number of alkyl halides is 2. The minimum atomic E-state index is -3.36. The molecule has 3 N–H and O–H groups in total. The van der Waals surface area contributed by atoms with Crippen LogP contribution in [0.4, 0.5) is 19.4 Å². The van der Waals surface area contributed by atoms with Crippen LogP contribution in [-0.4, -0.2) is 27.3 Å². The van der Waals surface area contributed by atoms with Gasteiger partial charge in [0, 0.05) is 13.0 Å². The highest BCUT2D eigenvalue weighted by atomic mass is 19.3. The number of fused-ring (bicyclic) bond motifs is 1. The van der Waals surface area contributed by atoms with Crippen molar-refractivity contribution in [1.82, 2.24) is 20.5 Å². The Morgan fingerprint density at radius 2 is 2.00 bits per heavy atom. The van der Waals surface area contributed by atoms with Crippen LogP contribution in [0.2, 0.25) is 0 Å². The van der Waals surface area contributed by atoms with Gasteiger partial charge >= 0.3 is 12.1 Å². The second kappa shape index (κ2) is 7.18. The lowest BCUT2D eigenvalue weighted by Gasteiger charge is -2.15. The molecule has 0 saturated carbocycles. The van der Waals surface area contributed by atoms with Gasteiger partial charge in [-0.25, -0.2) is 9.78 Å². The largest absolute Gasteiger partial charge is 0.412 e. The lowest BCUT2D eigenvalue weighted by molar-refractivity contribution is -0.160. The van der Waals surface area contributed by atoms with Crippen molar-refractivity contribution in [2.45, 2.75) is 32.9 Å². The molecule has 0 radical (unpaired) electrons. The summed E-state index contributed by atoms with van der Waals surface area (Å²) in [6.07, 6.45) is -3.36. The summed E-state index contributed by atoms with van der Waals surface area (Å²) in [5, 5.41) is 12.1. The highest BCUT2D eigenvalue weighted by Gasteiger charge is 2.27. The number of amides is 2. The minimum Gasteiger partial charge on any atom is -0.412 e. The van der Waals surface area contributed by atoms with Gasteiger partial charge < -0.3 is 10.1 Å². The van der Waals surface area contributed by atoms with Crippen LogP contribution < -0.4 is 15.4 Å². The number of hydrogen-bond acceptors (Lipinski definition) is 4. The molecule has 0 fully saturated rings. The first-order valence-electron chi connectivity index (χ1n) is 8.28. The van der Waals surface area contributed by atoms with Crippen molar-refractivity contribution < 1.29 is 18.3 Å². The van der Waals surface area contributed by atoms with Gasteiger partial charge in [0.15, 0.2) is 0 Å². The van der Waals surface area contributed by atoms with Crippen LogP contribution in [0.1, 0.15) is 31.1 Å². The number of ether oxygens (including phenoxy) is 1. The second-order valence-corrected chi connectivity index (χ2v) is 6.18. The topological polar surface area (TPSA) is 91.9 Å². The molecule has 142 valence electrons. The van der Waals surface area contributed by atoms with Crippen LogP contribution in [0.15, 0.2) is 36.4 Å². The van der Waals surface area contributed by atoms with Crippen LogP contribution in [0, 0.1) is 6.92 Å². The van der Waals surface area contributed by atoms with E-state index in [1.807, 2.05) is 37.3 Å². The van der Waals surface area contributed by atoms with Crippen LogP contribution >= 0.6 is 0 Å². The zero-order chi connectivity index (χ0) is 19.6. The maximum absolute atomic E-state index is 13.1. The zero-order valence-electron chi connectivity index (χ0n) is 15.0. The van der Waals surface area contributed by atoms with Gasteiger partial charge in [-0.1, -0.05) is 30.3 Å². The third-order valence-corrected chi connectivity index (χ3v) is 3.86. The first-order chi connectivity index (χ1) is 12.7. The Bertz CT molecular complexity index is 954. The molecule has 7 nitrogen and oxygen atoms in total. The Labute approximate surface area is 154 Å². The number of nitrogens with one attached hydrogen (secondary N) is 3. The average molecular weight is 375 g/mol. The van der Waals surface area contributed by atoms with E-state index in [4.69, 9.17) is 0 Å². The summed E-state index contributed by atoms with van der Waals surface area (Å²) in [4.78, 5) is 16.5. The fourth-order valence-corrected chi connectivity index (χ4v) is 2.68. The Balaban J connectivity index is 1.75. The summed E-state index contributed by atoms with van der Waals surface area (Å²) < 4.78 is 30.7. The average Bonchev–Trinajstić information content (AvgIpc) is 2.96. The van der Waals surface area contributed by atoms with Crippen molar-refractivity contribution in [2.75, 3.05) is 5.32 Å². The fraction of sp³-hybridized carbons (Fsp3) is 0.278. The van der Waals surface area contributed by atoms with Gasteiger partial charge in [-0.2, -0.15) is 8.78 Å². The molecule has 3 rings (SSSR count). The highest BCUT2D eigenvalue weighted by molar-refractivity contribution is 5.93. The van der Waals surface area contributed by atoms with E-state index >= 15 is 0 Å². The van der Waals surface area contributed by atoms with Crippen LogP contribution in [0.5, 0.6) is 5.88 Å². The van der Waals surface area contributed by atoms with Gasteiger partial charge in [0.1, 0.15) is 5.82 Å². The fourth-order valence-electron chi connectivity index (χ4n) is 2.68. The summed E-state index contributed by atoms with van der Waals surface area (Å²) >= 11 is 0. The maximum Gasteiger partial charge on any atom is 0.396 e. The van der Waals surface area contributed by atoms with E-state index in [9.17, 15) is 13.6 Å². The highest BCUT2D eigenvalue weighted by Crippen LogP contribution is 2.30. The Morgan fingerprint density at radius 3 is 2.67 bits per heavy atom. The number of rotatable bonds is 5. The number of urea groups is 1. The SMILES string of the molecule is Cc1nc(NC(=O)NC(C)c2ccccc2)cc2[nH]nc(OC(C)(F)F)c12. The van der Waals surface area contributed by atoms with Crippen molar-refractivity contribution in [1.29, 1.82) is 0 Å². The molecule has 0 saturated heterocycles. The molecular weight excluding hydrogens is 356 g/mol. The summed E-state index contributed by atoms with van der Waals surface area (Å²) in [5.41, 5.74) is 1.78. The lowest BCUT2D eigenvalue weighted by Crippen LogP contribution is -2.31. The van der Waals surface area contributed by atoms with Crippen LogP contribution in [0.3, 0.4) is 0 Å². The first kappa shape index (κ1) is 18.6. The monoisotopic (exact) mass is 375 g/mol. The number of H-pyrrole nitrogens is 1. The summed E-state index contributed by atoms with van der Waals surface area (Å²) in [6, 6.07) is 10.4. The molecule has 0 bridgehead atoms. The molecule has 0 aliphatic carbocycles. The molecule has 0 aliphatic heterocycles. The number of nitrogens with zero attached hydrogens (tertiary/aromatic N) is 2. The molecule has 0 aliphatic rings. The molecular formula is C18H19F2N5O2. The van der Waals surface area contributed by atoms with E-state index in [1.54, 1.807) is 6.92 Å². The molecule has 2 amide bonds. The van der Waals surface area contributed by atoms with Crippen molar-refractivity contribution in [3.63, 3.8) is 0 Å². The van der Waals surface area contributed by atoms with E-state index in [2.05, 4.69) is 30.6 Å². The van der Waals surface area contributed by atoms with E-state index in [-0.39, 0.29) is 17.7 Å². The standard InChI is InChI=1S/C18H19F2N5O2/c1-10(12-7-5-4-6-8-12)22-17(26)23-14-9-13-15(11(2)21-14)16(25-24-13)27-18(3,19)20/h4-10H,1-3H3,(H,24,25)(H2,21,22,23,26). The summed E-state index contributed by atoms with van der Waals surface area (Å²) in [7, 11) is 0. The number of aromatic nitrogens is 3. The maximum atomic E-state index is 13.1. The molecule has 2 heterocycles. The molecule has 2 aromatic heterocycles. The lowest BCUT2D eigenvalue weighted by atomic mass is 10.1. The molecule has 27 heavy (non-hydrogen) atoms. The third-order valence-electron chi connectivity index (χ3n) is 3.86. The van der Waals surface area contributed by atoms with E-state index in [0.29, 0.717) is 23.5 Å². The number of aromatic amines is 1. The normalized spacial score (nSPS) is 12.6. The number of anilines is 1. The van der Waals surface area contributed by atoms with E-state index < -0.39 is 12.1 Å². The van der Waals surface area contributed by atoms with Crippen molar-refractivity contribution >= 4 is 22.8 Å². The Hall–Kier alpha value is -3.23. The number of carbonyl (C=O) groups is 1. The van der Waals surface area contributed by atoms with Gasteiger partial charge in [-0.05, 0) is 19.4 Å². The van der Waals surface area contributed by atoms with Gasteiger partial charge in [-0.15, -0.1) is 5.10 Å². The number of aryl methyl sites for hydroxylation is 1. The van der Waals surface area contributed by atoms with Crippen molar-refractivity contribution in [3.05, 3.63) is 47.7 Å².